The van der Waals surface area contributed by atoms with Gasteiger partial charge in [0.05, 0.1) is 24.1 Å². The molecule has 2 aromatic carbocycles. The van der Waals surface area contributed by atoms with Crippen LogP contribution in [-0.2, 0) is 6.54 Å². The van der Waals surface area contributed by atoms with E-state index in [9.17, 15) is 0 Å². The van der Waals surface area contributed by atoms with Crippen molar-refractivity contribution in [3.63, 3.8) is 0 Å². The molecule has 0 radical (unpaired) electrons. The SMILES string of the molecule is CN1CCCC1CCOc1nn(Cc2ccc(Cl)cc2)c2ccccc12. The van der Waals surface area contributed by atoms with E-state index >= 15 is 0 Å². The Labute approximate surface area is 159 Å². The first-order chi connectivity index (χ1) is 12.7. The molecule has 2 heterocycles. The average Bonchev–Trinajstić information content (AvgIpc) is 3.22. The fourth-order valence-corrected chi connectivity index (χ4v) is 3.85. The molecule has 1 aromatic heterocycles. The van der Waals surface area contributed by atoms with Gasteiger partial charge in [0.2, 0.25) is 5.88 Å². The van der Waals surface area contributed by atoms with E-state index in [0.717, 1.165) is 28.2 Å². The average molecular weight is 370 g/mol. The highest BCUT2D eigenvalue weighted by Gasteiger charge is 2.21. The smallest absolute Gasteiger partial charge is 0.240 e. The van der Waals surface area contributed by atoms with Crippen LogP contribution in [0.25, 0.3) is 10.9 Å². The number of rotatable bonds is 6. The van der Waals surface area contributed by atoms with Crippen molar-refractivity contribution in [3.8, 4) is 5.88 Å². The number of aromatic nitrogens is 2. The summed E-state index contributed by atoms with van der Waals surface area (Å²) >= 11 is 5.99. The Morgan fingerprint density at radius 3 is 2.73 bits per heavy atom. The van der Waals surface area contributed by atoms with Crippen LogP contribution in [-0.4, -0.2) is 40.9 Å². The molecule has 1 aliphatic rings. The predicted molar refractivity (Wildman–Crippen MR) is 106 cm³/mol. The van der Waals surface area contributed by atoms with Crippen molar-refractivity contribution >= 4 is 22.5 Å². The lowest BCUT2D eigenvalue weighted by Crippen LogP contribution is -2.26. The summed E-state index contributed by atoms with van der Waals surface area (Å²) in [5, 5.41) is 6.56. The molecule has 0 saturated carbocycles. The second-order valence-corrected chi connectivity index (χ2v) is 7.46. The van der Waals surface area contributed by atoms with E-state index in [0.29, 0.717) is 19.2 Å². The minimum Gasteiger partial charge on any atom is -0.476 e. The molecule has 1 saturated heterocycles. The van der Waals surface area contributed by atoms with Crippen LogP contribution in [0.3, 0.4) is 0 Å². The molecule has 1 atom stereocenters. The Kier molecular flexibility index (Phi) is 5.14. The van der Waals surface area contributed by atoms with Crippen LogP contribution in [0.2, 0.25) is 5.02 Å². The molecule has 0 aliphatic carbocycles. The fourth-order valence-electron chi connectivity index (χ4n) is 3.72. The first kappa shape index (κ1) is 17.4. The van der Waals surface area contributed by atoms with Gasteiger partial charge in [-0.3, -0.25) is 4.68 Å². The first-order valence-electron chi connectivity index (χ1n) is 9.24. The molecule has 4 rings (SSSR count). The van der Waals surface area contributed by atoms with Crippen LogP contribution >= 0.6 is 11.6 Å². The number of fused-ring (bicyclic) bond motifs is 1. The maximum atomic E-state index is 6.09. The summed E-state index contributed by atoms with van der Waals surface area (Å²) in [6, 6.07) is 16.8. The third-order valence-electron chi connectivity index (χ3n) is 5.23. The van der Waals surface area contributed by atoms with Gasteiger partial charge < -0.3 is 9.64 Å². The Hall–Kier alpha value is -2.04. The molecular weight excluding hydrogens is 346 g/mol. The van der Waals surface area contributed by atoms with E-state index in [4.69, 9.17) is 21.4 Å². The monoisotopic (exact) mass is 369 g/mol. The van der Waals surface area contributed by atoms with E-state index in [-0.39, 0.29) is 0 Å². The summed E-state index contributed by atoms with van der Waals surface area (Å²) in [6.07, 6.45) is 3.61. The molecule has 1 fully saturated rings. The van der Waals surface area contributed by atoms with E-state index in [2.05, 4.69) is 24.1 Å². The van der Waals surface area contributed by atoms with Crippen LogP contribution in [0.1, 0.15) is 24.8 Å². The number of hydrogen-bond acceptors (Lipinski definition) is 3. The minimum atomic E-state index is 0.636. The standard InChI is InChI=1S/C21H24ClN3O/c1-24-13-4-5-18(24)12-14-26-21-19-6-2-3-7-20(19)25(23-21)15-16-8-10-17(22)11-9-16/h2-3,6-11,18H,4-5,12-15H2,1H3. The molecule has 0 spiro atoms. The zero-order valence-electron chi connectivity index (χ0n) is 15.1. The van der Waals surface area contributed by atoms with Crippen LogP contribution in [0, 0.1) is 0 Å². The minimum absolute atomic E-state index is 0.636. The van der Waals surface area contributed by atoms with Crippen molar-refractivity contribution in [3.05, 3.63) is 59.1 Å². The summed E-state index contributed by atoms with van der Waals surface area (Å²) in [5.74, 6) is 0.732. The quantitative estimate of drug-likeness (QED) is 0.636. The van der Waals surface area contributed by atoms with Crippen molar-refractivity contribution in [2.75, 3.05) is 20.2 Å². The number of benzene rings is 2. The highest BCUT2D eigenvalue weighted by molar-refractivity contribution is 6.30. The number of halogens is 1. The normalized spacial score (nSPS) is 17.8. The van der Waals surface area contributed by atoms with Gasteiger partial charge in [0, 0.05) is 11.1 Å². The predicted octanol–water partition coefficient (Wildman–Crippen LogP) is 4.60. The van der Waals surface area contributed by atoms with Gasteiger partial charge >= 0.3 is 0 Å². The van der Waals surface area contributed by atoms with Crippen LogP contribution < -0.4 is 4.74 Å². The number of para-hydroxylation sites is 1. The summed E-state index contributed by atoms with van der Waals surface area (Å²) in [7, 11) is 2.20. The molecule has 1 aliphatic heterocycles. The lowest BCUT2D eigenvalue weighted by atomic mass is 10.1. The van der Waals surface area contributed by atoms with Gasteiger partial charge in [-0.25, -0.2) is 0 Å². The Bertz CT molecular complexity index is 875. The zero-order valence-corrected chi connectivity index (χ0v) is 15.8. The second-order valence-electron chi connectivity index (χ2n) is 7.02. The van der Waals surface area contributed by atoms with Gasteiger partial charge in [-0.1, -0.05) is 35.9 Å². The number of hydrogen-bond donors (Lipinski definition) is 0. The molecule has 4 nitrogen and oxygen atoms in total. The molecular formula is C21H24ClN3O. The summed E-state index contributed by atoms with van der Waals surface area (Å²) in [5.41, 5.74) is 2.26. The molecule has 136 valence electrons. The summed E-state index contributed by atoms with van der Waals surface area (Å²) in [4.78, 5) is 2.43. The number of likely N-dealkylation sites (tertiary alicyclic amines) is 1. The van der Waals surface area contributed by atoms with E-state index in [1.807, 2.05) is 41.1 Å². The first-order valence-corrected chi connectivity index (χ1v) is 9.61. The van der Waals surface area contributed by atoms with Crippen molar-refractivity contribution in [2.24, 2.45) is 0 Å². The molecule has 26 heavy (non-hydrogen) atoms. The second kappa shape index (κ2) is 7.68. The maximum absolute atomic E-state index is 6.09. The molecule has 0 amide bonds. The Morgan fingerprint density at radius 1 is 1.15 bits per heavy atom. The summed E-state index contributed by atoms with van der Waals surface area (Å²) < 4.78 is 8.10. The highest BCUT2D eigenvalue weighted by atomic mass is 35.5. The highest BCUT2D eigenvalue weighted by Crippen LogP contribution is 2.26. The third kappa shape index (κ3) is 3.71. The topological polar surface area (TPSA) is 30.3 Å². The van der Waals surface area contributed by atoms with Gasteiger partial charge in [-0.05, 0) is 62.7 Å². The van der Waals surface area contributed by atoms with Crippen molar-refractivity contribution in [1.29, 1.82) is 0 Å². The largest absolute Gasteiger partial charge is 0.476 e. The van der Waals surface area contributed by atoms with Crippen LogP contribution in [0.4, 0.5) is 0 Å². The fraction of sp³-hybridized carbons (Fsp3) is 0.381. The van der Waals surface area contributed by atoms with Crippen LogP contribution in [0.15, 0.2) is 48.5 Å². The molecule has 1 unspecified atom stereocenters. The van der Waals surface area contributed by atoms with E-state index in [1.165, 1.54) is 24.9 Å². The molecule has 3 aromatic rings. The number of ether oxygens (including phenoxy) is 1. The lowest BCUT2D eigenvalue weighted by molar-refractivity contribution is 0.229. The van der Waals surface area contributed by atoms with Gasteiger partial charge in [-0.15, -0.1) is 5.10 Å². The third-order valence-corrected chi connectivity index (χ3v) is 5.48. The van der Waals surface area contributed by atoms with E-state index in [1.54, 1.807) is 0 Å². The molecule has 0 bridgehead atoms. The van der Waals surface area contributed by atoms with Crippen molar-refractivity contribution in [2.45, 2.75) is 31.8 Å². The van der Waals surface area contributed by atoms with E-state index < -0.39 is 0 Å². The van der Waals surface area contributed by atoms with Gasteiger partial charge in [0.25, 0.3) is 0 Å². The van der Waals surface area contributed by atoms with Gasteiger partial charge in [0.15, 0.2) is 0 Å². The van der Waals surface area contributed by atoms with Crippen molar-refractivity contribution in [1.82, 2.24) is 14.7 Å². The Morgan fingerprint density at radius 2 is 1.96 bits per heavy atom. The maximum Gasteiger partial charge on any atom is 0.240 e. The van der Waals surface area contributed by atoms with Gasteiger partial charge in [-0.2, -0.15) is 0 Å². The Balaban J connectivity index is 1.50. The lowest BCUT2D eigenvalue weighted by Gasteiger charge is -2.18. The summed E-state index contributed by atoms with van der Waals surface area (Å²) in [6.45, 7) is 2.60. The number of nitrogens with zero attached hydrogens (tertiary/aromatic N) is 3. The molecule has 5 heteroatoms. The molecule has 0 N–H and O–H groups in total. The van der Waals surface area contributed by atoms with Gasteiger partial charge in [0.1, 0.15) is 0 Å². The van der Waals surface area contributed by atoms with Crippen molar-refractivity contribution < 1.29 is 4.74 Å². The van der Waals surface area contributed by atoms with Crippen LogP contribution in [0.5, 0.6) is 5.88 Å². The zero-order chi connectivity index (χ0) is 17.9.